The lowest BCUT2D eigenvalue weighted by Crippen LogP contribution is -2.21. The number of nitrogens with one attached hydrogen (secondary N) is 1. The lowest BCUT2D eigenvalue weighted by atomic mass is 9.94. The number of rotatable bonds is 3. The van der Waals surface area contributed by atoms with Crippen LogP contribution in [0.15, 0.2) is 40.1 Å². The number of thiazole rings is 1. The van der Waals surface area contributed by atoms with Gasteiger partial charge in [-0.3, -0.25) is 10.1 Å². The van der Waals surface area contributed by atoms with Gasteiger partial charge in [-0.25, -0.2) is 4.98 Å². The summed E-state index contributed by atoms with van der Waals surface area (Å²) in [6, 6.07) is 9.98. The molecule has 1 N–H and O–H groups in total. The molecular formula is C21H20N2O2S3. The van der Waals surface area contributed by atoms with Gasteiger partial charge in [-0.2, -0.15) is 0 Å². The Kier molecular flexibility index (Phi) is 4.77. The zero-order chi connectivity index (χ0) is 19.1. The van der Waals surface area contributed by atoms with Gasteiger partial charge in [-0.1, -0.05) is 30.3 Å². The summed E-state index contributed by atoms with van der Waals surface area (Å²) in [5.74, 6) is 3.56. The lowest BCUT2D eigenvalue weighted by Gasteiger charge is -2.31. The van der Waals surface area contributed by atoms with Gasteiger partial charge in [0.2, 0.25) is 0 Å². The Balaban J connectivity index is 1.41. The molecule has 2 aromatic heterocycles. The van der Waals surface area contributed by atoms with Crippen LogP contribution in [0.4, 0.5) is 5.13 Å². The van der Waals surface area contributed by atoms with Gasteiger partial charge in [0.15, 0.2) is 10.9 Å². The molecule has 1 aromatic carbocycles. The van der Waals surface area contributed by atoms with Crippen molar-refractivity contribution < 1.29 is 9.21 Å². The molecule has 0 unspecified atom stereocenters. The fraction of sp³-hybridized carbons (Fsp3) is 0.333. The maximum absolute atomic E-state index is 13.0. The fourth-order valence-corrected chi connectivity index (χ4v) is 8.31. The maximum Gasteiger partial charge on any atom is 0.293 e. The van der Waals surface area contributed by atoms with E-state index < -0.39 is 0 Å². The number of carbonyl (C=O) groups is 1. The second-order valence-corrected chi connectivity index (χ2v) is 10.9. The highest BCUT2D eigenvalue weighted by Crippen LogP contribution is 2.59. The average molecular weight is 429 g/mol. The smallest absolute Gasteiger partial charge is 0.293 e. The first-order valence-electron chi connectivity index (χ1n) is 9.39. The number of carbonyl (C=O) groups excluding carboxylic acids is 1. The van der Waals surface area contributed by atoms with E-state index >= 15 is 0 Å². The number of anilines is 1. The minimum absolute atomic E-state index is 0.0847. The van der Waals surface area contributed by atoms with Crippen molar-refractivity contribution in [2.45, 2.75) is 30.3 Å². The molecule has 0 bridgehead atoms. The normalized spacial score (nSPS) is 17.6. The van der Waals surface area contributed by atoms with Crippen LogP contribution >= 0.6 is 34.9 Å². The summed E-state index contributed by atoms with van der Waals surface area (Å²) in [4.78, 5) is 17.5. The third kappa shape index (κ3) is 3.09. The summed E-state index contributed by atoms with van der Waals surface area (Å²) in [6.07, 6.45) is 3.19. The summed E-state index contributed by atoms with van der Waals surface area (Å²) < 4.78 is 6.17. The van der Waals surface area contributed by atoms with E-state index in [0.717, 1.165) is 53.3 Å². The van der Waals surface area contributed by atoms with E-state index in [4.69, 9.17) is 4.42 Å². The first-order valence-corrected chi connectivity index (χ1v) is 12.2. The zero-order valence-electron chi connectivity index (χ0n) is 15.5. The van der Waals surface area contributed by atoms with Crippen molar-refractivity contribution in [1.82, 2.24) is 4.98 Å². The zero-order valence-corrected chi connectivity index (χ0v) is 17.9. The van der Waals surface area contributed by atoms with E-state index in [1.165, 1.54) is 16.9 Å². The molecule has 1 aliphatic carbocycles. The third-order valence-corrected chi connectivity index (χ3v) is 9.55. The molecule has 0 saturated carbocycles. The number of aromatic nitrogens is 1. The highest BCUT2D eigenvalue weighted by Gasteiger charge is 2.45. The highest BCUT2D eigenvalue weighted by molar-refractivity contribution is 8.20. The molecule has 1 amide bonds. The first-order chi connectivity index (χ1) is 13.7. The van der Waals surface area contributed by atoms with Crippen LogP contribution in [-0.4, -0.2) is 22.4 Å². The summed E-state index contributed by atoms with van der Waals surface area (Å²) in [6.45, 7) is 2.03. The van der Waals surface area contributed by atoms with Gasteiger partial charge in [-0.15, -0.1) is 34.9 Å². The van der Waals surface area contributed by atoms with Crippen molar-refractivity contribution in [3.8, 4) is 11.3 Å². The molecule has 0 atom stereocenters. The monoisotopic (exact) mass is 428 g/mol. The number of aryl methyl sites for hydroxylation is 1. The molecule has 144 valence electrons. The van der Waals surface area contributed by atoms with E-state index in [1.54, 1.807) is 0 Å². The van der Waals surface area contributed by atoms with Crippen molar-refractivity contribution in [2.24, 2.45) is 0 Å². The number of benzene rings is 1. The summed E-state index contributed by atoms with van der Waals surface area (Å²) in [7, 11) is 0. The van der Waals surface area contributed by atoms with Crippen LogP contribution in [0.5, 0.6) is 0 Å². The second-order valence-electron chi connectivity index (χ2n) is 7.02. The molecule has 1 aliphatic heterocycles. The molecular weight excluding hydrogens is 408 g/mol. The second kappa shape index (κ2) is 7.28. The Bertz CT molecular complexity index is 1020. The van der Waals surface area contributed by atoms with Gasteiger partial charge in [0, 0.05) is 40.0 Å². The molecule has 4 nitrogen and oxygen atoms in total. The lowest BCUT2D eigenvalue weighted by molar-refractivity contribution is 0.0994. The van der Waals surface area contributed by atoms with Crippen molar-refractivity contribution in [3.05, 3.63) is 58.4 Å². The van der Waals surface area contributed by atoms with Crippen LogP contribution in [0.25, 0.3) is 11.3 Å². The minimum Gasteiger partial charge on any atom is -0.455 e. The first kappa shape index (κ1) is 18.3. The highest BCUT2D eigenvalue weighted by atomic mass is 32.2. The number of furan rings is 1. The van der Waals surface area contributed by atoms with Crippen LogP contribution in [0, 0.1) is 6.92 Å². The summed E-state index contributed by atoms with van der Waals surface area (Å²) in [5.41, 5.74) is 4.17. The molecule has 1 saturated heterocycles. The topological polar surface area (TPSA) is 55.1 Å². The van der Waals surface area contributed by atoms with Gasteiger partial charge < -0.3 is 4.42 Å². The summed E-state index contributed by atoms with van der Waals surface area (Å²) in [5, 5.41) is 5.50. The van der Waals surface area contributed by atoms with Crippen LogP contribution < -0.4 is 5.32 Å². The van der Waals surface area contributed by atoms with E-state index in [2.05, 4.69) is 10.3 Å². The van der Waals surface area contributed by atoms with Crippen LogP contribution in [0.1, 0.15) is 40.3 Å². The largest absolute Gasteiger partial charge is 0.455 e. The van der Waals surface area contributed by atoms with Crippen molar-refractivity contribution in [3.63, 3.8) is 0 Å². The molecule has 2 aliphatic rings. The predicted octanol–water partition coefficient (Wildman–Crippen LogP) is 5.93. The molecule has 3 heterocycles. The van der Waals surface area contributed by atoms with Gasteiger partial charge in [0.05, 0.1) is 9.77 Å². The molecule has 7 heteroatoms. The molecule has 0 radical (unpaired) electrons. The van der Waals surface area contributed by atoms with E-state index in [0.29, 0.717) is 10.9 Å². The molecule has 28 heavy (non-hydrogen) atoms. The van der Waals surface area contributed by atoms with Crippen LogP contribution in [-0.2, 0) is 10.5 Å². The van der Waals surface area contributed by atoms with Gasteiger partial charge in [0.25, 0.3) is 5.91 Å². The van der Waals surface area contributed by atoms with Gasteiger partial charge in [-0.05, 0) is 19.8 Å². The Morgan fingerprint density at radius 1 is 1.21 bits per heavy atom. The number of amides is 1. The van der Waals surface area contributed by atoms with Crippen molar-refractivity contribution >= 4 is 45.9 Å². The number of hydrogen-bond donors (Lipinski definition) is 1. The van der Waals surface area contributed by atoms with Crippen molar-refractivity contribution in [2.75, 3.05) is 16.8 Å². The molecule has 1 spiro atoms. The number of hydrogen-bond acceptors (Lipinski definition) is 6. The van der Waals surface area contributed by atoms with Gasteiger partial charge in [0.1, 0.15) is 5.76 Å². The minimum atomic E-state index is -0.205. The maximum atomic E-state index is 13.0. The van der Waals surface area contributed by atoms with Crippen LogP contribution in [0.3, 0.4) is 0 Å². The predicted molar refractivity (Wildman–Crippen MR) is 118 cm³/mol. The quantitative estimate of drug-likeness (QED) is 0.560. The SMILES string of the molecule is Cc1c(C(=O)Nc2nc(-c3ccccc3)cs2)oc2c1C1(CCC2)SCCS1. The number of nitrogens with zero attached hydrogens (tertiary/aromatic N) is 1. The number of fused-ring (bicyclic) bond motifs is 2. The van der Waals surface area contributed by atoms with Crippen molar-refractivity contribution in [1.29, 1.82) is 0 Å². The Hall–Kier alpha value is -1.70. The van der Waals surface area contributed by atoms with Crippen LogP contribution in [0.2, 0.25) is 0 Å². The van der Waals surface area contributed by atoms with E-state index in [9.17, 15) is 4.79 Å². The Morgan fingerprint density at radius 3 is 2.79 bits per heavy atom. The third-order valence-electron chi connectivity index (χ3n) is 5.26. The Morgan fingerprint density at radius 2 is 2.00 bits per heavy atom. The molecule has 1 fully saturated rings. The van der Waals surface area contributed by atoms with E-state index in [-0.39, 0.29) is 9.99 Å². The molecule has 5 rings (SSSR count). The van der Waals surface area contributed by atoms with Gasteiger partial charge >= 0.3 is 0 Å². The standard InChI is InChI=1S/C21H20N2O2S3/c1-13-17-16(8-5-9-21(17)27-10-11-28-21)25-18(13)19(24)23-20-22-15(12-26-20)14-6-3-2-4-7-14/h2-4,6-7,12H,5,8-11H2,1H3,(H,22,23,24). The van der Waals surface area contributed by atoms with E-state index in [1.807, 2.05) is 66.2 Å². The summed E-state index contributed by atoms with van der Waals surface area (Å²) >= 11 is 5.46. The average Bonchev–Trinajstić information content (AvgIpc) is 3.43. The Labute approximate surface area is 176 Å². The molecule has 3 aromatic rings. The fourth-order valence-electron chi connectivity index (χ4n) is 4.04. The number of thioether (sulfide) groups is 2.